The molecule has 2 fully saturated rings. The number of nitrogens with zero attached hydrogens (tertiary/aromatic N) is 7. The van der Waals surface area contributed by atoms with Gasteiger partial charge >= 0.3 is 0 Å². The lowest BCUT2D eigenvalue weighted by Crippen LogP contribution is -2.38. The Morgan fingerprint density at radius 2 is 1.90 bits per heavy atom. The van der Waals surface area contributed by atoms with Crippen LogP contribution in [0, 0.1) is 17.0 Å². The Morgan fingerprint density at radius 1 is 1.10 bits per heavy atom. The molecule has 4 atom stereocenters. The minimum absolute atomic E-state index is 0.0121. The van der Waals surface area contributed by atoms with Gasteiger partial charge in [0.25, 0.3) is 5.95 Å². The normalized spacial score (nSPS) is 28.6. The predicted octanol–water partition coefficient (Wildman–Crippen LogP) is 4.20. The first-order valence-corrected chi connectivity index (χ1v) is 15.1. The van der Waals surface area contributed by atoms with Gasteiger partial charge in [-0.1, -0.05) is 19.9 Å². The molecule has 2 bridgehead atoms. The van der Waals surface area contributed by atoms with Gasteiger partial charge in [-0.15, -0.1) is 10.2 Å². The highest BCUT2D eigenvalue weighted by Crippen LogP contribution is 2.69. The third-order valence-corrected chi connectivity index (χ3v) is 11.1. The topological polar surface area (TPSA) is 99.3 Å². The monoisotopic (exact) mass is 547 g/mol. The van der Waals surface area contributed by atoms with Gasteiger partial charge in [0.15, 0.2) is 5.82 Å². The van der Waals surface area contributed by atoms with Gasteiger partial charge in [0, 0.05) is 23.6 Å². The highest BCUT2D eigenvalue weighted by atomic mass is 32.2. The van der Waals surface area contributed by atoms with Gasteiger partial charge in [-0.3, -0.25) is 4.21 Å². The van der Waals surface area contributed by atoms with Gasteiger partial charge in [0.1, 0.15) is 18.0 Å². The first kappa shape index (κ1) is 24.4. The molecule has 4 aromatic rings. The van der Waals surface area contributed by atoms with Crippen LogP contribution in [-0.2, 0) is 14.9 Å². The van der Waals surface area contributed by atoms with Crippen LogP contribution in [0.15, 0.2) is 42.9 Å². The Balaban J connectivity index is 1.30. The lowest BCUT2D eigenvalue weighted by Gasteiger charge is -2.37. The van der Waals surface area contributed by atoms with Crippen LogP contribution in [0.5, 0.6) is 0 Å². The molecule has 7 rings (SSSR count). The van der Waals surface area contributed by atoms with Crippen LogP contribution in [0.3, 0.4) is 0 Å². The van der Waals surface area contributed by atoms with Crippen LogP contribution >= 0.6 is 0 Å². The van der Waals surface area contributed by atoms with E-state index in [0.29, 0.717) is 23.3 Å². The average molecular weight is 548 g/mol. The maximum atomic E-state index is 14.6. The van der Waals surface area contributed by atoms with Crippen molar-refractivity contribution >= 4 is 15.4 Å². The van der Waals surface area contributed by atoms with Crippen LogP contribution in [-0.4, -0.2) is 56.5 Å². The summed E-state index contributed by atoms with van der Waals surface area (Å²) in [5.41, 5.74) is 1.78. The molecule has 1 aliphatic heterocycles. The fraction of sp³-hybridized carbons (Fsp3) is 0.393. The Kier molecular flexibility index (Phi) is 5.14. The molecule has 0 amide bonds. The van der Waals surface area contributed by atoms with Gasteiger partial charge in [-0.25, -0.2) is 23.7 Å². The Morgan fingerprint density at radius 3 is 2.64 bits per heavy atom. The average Bonchev–Trinajstić information content (AvgIpc) is 3.64. The Hall–Kier alpha value is -3.60. The molecule has 1 unspecified atom stereocenters. The third-order valence-electron chi connectivity index (χ3n) is 9.10. The third kappa shape index (κ3) is 3.44. The summed E-state index contributed by atoms with van der Waals surface area (Å²) in [6.45, 7) is 4.39. The molecule has 0 N–H and O–H groups in total. The molecule has 39 heavy (non-hydrogen) atoms. The zero-order chi connectivity index (χ0) is 27.2. The van der Waals surface area contributed by atoms with E-state index in [9.17, 15) is 13.0 Å². The van der Waals surface area contributed by atoms with Crippen LogP contribution in [0.25, 0.3) is 17.2 Å². The van der Waals surface area contributed by atoms with Crippen molar-refractivity contribution in [1.82, 2.24) is 34.9 Å². The van der Waals surface area contributed by atoms with Crippen molar-refractivity contribution in [2.75, 3.05) is 11.5 Å². The van der Waals surface area contributed by atoms with E-state index in [0.717, 1.165) is 36.2 Å². The summed E-state index contributed by atoms with van der Waals surface area (Å²) in [6.07, 6.45) is 5.77. The number of rotatable bonds is 4. The van der Waals surface area contributed by atoms with E-state index < -0.39 is 26.6 Å². The van der Waals surface area contributed by atoms with Crippen LogP contribution in [0.2, 0.25) is 0 Å². The standard InChI is InChI=1S/C28H27F2N7OS/c1-27(2)18-7-10-28(27,24-17(18)13-21(34-35-24)23-19(29)5-4-6-20(23)30)22-8-11-31-26(33-22)37-15-32-25(36-37)16-9-12-39(3,38)14-16/h4-6,8,11,13,15-16,18H,3,7,9-10,12,14H2,1-2H3/t16-,18-,28-,39?/m0/s1. The summed E-state index contributed by atoms with van der Waals surface area (Å²) in [4.78, 5) is 13.9. The first-order valence-electron chi connectivity index (χ1n) is 13.0. The number of halogens is 2. The molecule has 0 spiro atoms. The molecule has 3 aliphatic rings. The quantitative estimate of drug-likeness (QED) is 0.353. The molecular formula is C28H27F2N7OS. The number of aromatic nitrogens is 7. The SMILES string of the molecule is C=S1(=O)CC[C@H](c2ncn(-c3nccc([C@@]45CC[C@@H](c6cc(-c7c(F)cccc7F)nnc64)C5(C)C)n3)n2)C1. The van der Waals surface area contributed by atoms with Gasteiger partial charge in [-0.2, -0.15) is 9.78 Å². The molecule has 8 nitrogen and oxygen atoms in total. The second kappa shape index (κ2) is 8.20. The van der Waals surface area contributed by atoms with E-state index in [1.54, 1.807) is 23.3 Å². The summed E-state index contributed by atoms with van der Waals surface area (Å²) >= 11 is 0. The van der Waals surface area contributed by atoms with E-state index in [2.05, 4.69) is 45.0 Å². The summed E-state index contributed by atoms with van der Waals surface area (Å²) in [5.74, 6) is 4.75. The zero-order valence-electron chi connectivity index (χ0n) is 21.6. The molecule has 1 aromatic carbocycles. The largest absolute Gasteiger partial charge is 0.268 e. The molecule has 1 saturated carbocycles. The Bertz CT molecular complexity index is 1730. The number of hydrogen-bond acceptors (Lipinski definition) is 7. The van der Waals surface area contributed by atoms with E-state index in [1.165, 1.54) is 18.2 Å². The lowest BCUT2D eigenvalue weighted by molar-refractivity contribution is 0.242. The summed E-state index contributed by atoms with van der Waals surface area (Å²) in [6, 6.07) is 7.50. The highest BCUT2D eigenvalue weighted by Gasteiger charge is 2.65. The fourth-order valence-corrected chi connectivity index (χ4v) is 9.04. The lowest BCUT2D eigenvalue weighted by atomic mass is 9.66. The minimum Gasteiger partial charge on any atom is -0.268 e. The van der Waals surface area contributed by atoms with Crippen LogP contribution in [0.4, 0.5) is 8.78 Å². The summed E-state index contributed by atoms with van der Waals surface area (Å²) in [7, 11) is -2.07. The second-order valence-electron chi connectivity index (χ2n) is 11.5. The van der Waals surface area contributed by atoms with Crippen molar-refractivity contribution in [3.63, 3.8) is 0 Å². The van der Waals surface area contributed by atoms with E-state index in [4.69, 9.17) is 4.98 Å². The van der Waals surface area contributed by atoms with Gasteiger partial charge < -0.3 is 0 Å². The molecule has 200 valence electrons. The number of fused-ring (bicyclic) bond motifs is 5. The second-order valence-corrected chi connectivity index (χ2v) is 14.1. The molecule has 0 radical (unpaired) electrons. The van der Waals surface area contributed by atoms with Crippen molar-refractivity contribution in [1.29, 1.82) is 0 Å². The fourth-order valence-electron chi connectivity index (χ4n) is 7.11. The van der Waals surface area contributed by atoms with Crippen molar-refractivity contribution in [3.8, 4) is 17.2 Å². The zero-order valence-corrected chi connectivity index (χ0v) is 22.5. The molecule has 3 aromatic heterocycles. The molecule has 11 heteroatoms. The van der Waals surface area contributed by atoms with Gasteiger partial charge in [0.2, 0.25) is 0 Å². The Labute approximate surface area is 225 Å². The molecule has 1 saturated heterocycles. The molecule has 2 aliphatic carbocycles. The van der Waals surface area contributed by atoms with Crippen molar-refractivity contribution in [3.05, 3.63) is 77.3 Å². The van der Waals surface area contributed by atoms with Crippen molar-refractivity contribution in [2.24, 2.45) is 5.41 Å². The van der Waals surface area contributed by atoms with Crippen LogP contribution in [0.1, 0.15) is 67.7 Å². The summed E-state index contributed by atoms with van der Waals surface area (Å²) in [5, 5.41) is 13.5. The van der Waals surface area contributed by atoms with Crippen molar-refractivity contribution < 1.29 is 13.0 Å². The van der Waals surface area contributed by atoms with E-state index in [-0.39, 0.29) is 28.5 Å². The molecule has 4 heterocycles. The van der Waals surface area contributed by atoms with E-state index >= 15 is 0 Å². The first-order chi connectivity index (χ1) is 18.6. The van der Waals surface area contributed by atoms with Gasteiger partial charge in [-0.05, 0) is 75.8 Å². The van der Waals surface area contributed by atoms with Crippen LogP contribution < -0.4 is 0 Å². The number of benzene rings is 1. The maximum absolute atomic E-state index is 14.6. The highest BCUT2D eigenvalue weighted by molar-refractivity contribution is 8.00. The maximum Gasteiger partial charge on any atom is 0.252 e. The van der Waals surface area contributed by atoms with E-state index in [1.807, 2.05) is 6.07 Å². The van der Waals surface area contributed by atoms with Gasteiger partial charge in [0.05, 0.1) is 28.1 Å². The van der Waals surface area contributed by atoms with Crippen molar-refractivity contribution in [2.45, 2.75) is 50.4 Å². The number of hydrogen-bond donors (Lipinski definition) is 0. The molecular weight excluding hydrogens is 520 g/mol. The minimum atomic E-state index is -2.07. The summed E-state index contributed by atoms with van der Waals surface area (Å²) < 4.78 is 43.0. The smallest absolute Gasteiger partial charge is 0.252 e. The predicted molar refractivity (Wildman–Crippen MR) is 143 cm³/mol.